The van der Waals surface area contributed by atoms with E-state index < -0.39 is 0 Å². The van der Waals surface area contributed by atoms with Crippen LogP contribution in [0.1, 0.15) is 82.9 Å². The predicted molar refractivity (Wildman–Crippen MR) is 110 cm³/mol. The minimum absolute atomic E-state index is 0.175. The third kappa shape index (κ3) is 3.92. The van der Waals surface area contributed by atoms with Crippen LogP contribution in [-0.4, -0.2) is 6.29 Å². The van der Waals surface area contributed by atoms with E-state index in [-0.39, 0.29) is 5.41 Å². The number of hydrogen-bond donors (Lipinski definition) is 0. The van der Waals surface area contributed by atoms with Crippen molar-refractivity contribution in [1.82, 2.24) is 0 Å². The normalized spacial score (nSPS) is 15.1. The molecule has 0 heterocycles. The Bertz CT molecular complexity index is 821. The number of carbonyl (C=O) groups excluding carboxylic acids is 1. The van der Waals surface area contributed by atoms with Crippen LogP contribution in [0.2, 0.25) is 0 Å². The van der Waals surface area contributed by atoms with Crippen LogP contribution in [0.3, 0.4) is 0 Å². The van der Waals surface area contributed by atoms with Crippen LogP contribution in [-0.2, 0) is 31.1 Å². The number of benzene rings is 2. The first-order valence-electron chi connectivity index (χ1n) is 10.00. The van der Waals surface area contributed by atoms with Gasteiger partial charge in [-0.15, -0.1) is 0 Å². The number of carbonyl (C=O) groups is 1. The van der Waals surface area contributed by atoms with Crippen molar-refractivity contribution >= 4 is 6.29 Å². The van der Waals surface area contributed by atoms with Gasteiger partial charge in [0.25, 0.3) is 0 Å². The highest BCUT2D eigenvalue weighted by Crippen LogP contribution is 2.30. The zero-order valence-electron chi connectivity index (χ0n) is 17.0. The van der Waals surface area contributed by atoms with Crippen LogP contribution < -0.4 is 0 Å². The second-order valence-electron chi connectivity index (χ2n) is 8.96. The van der Waals surface area contributed by atoms with Gasteiger partial charge < -0.3 is 0 Å². The van der Waals surface area contributed by atoms with Crippen LogP contribution in [0, 0.1) is 13.8 Å². The van der Waals surface area contributed by atoms with Crippen molar-refractivity contribution < 1.29 is 4.79 Å². The van der Waals surface area contributed by atoms with Crippen molar-refractivity contribution in [2.45, 2.75) is 78.6 Å². The summed E-state index contributed by atoms with van der Waals surface area (Å²) in [7, 11) is 0. The van der Waals surface area contributed by atoms with Gasteiger partial charge in [0.1, 0.15) is 6.29 Å². The molecule has 2 aromatic rings. The zero-order valence-corrected chi connectivity index (χ0v) is 17.0. The summed E-state index contributed by atoms with van der Waals surface area (Å²) in [6, 6.07) is 9.06. The van der Waals surface area contributed by atoms with Crippen LogP contribution in [0.15, 0.2) is 24.3 Å². The van der Waals surface area contributed by atoms with Gasteiger partial charge in [0, 0.05) is 5.56 Å². The summed E-state index contributed by atoms with van der Waals surface area (Å²) in [6.07, 6.45) is 7.67. The van der Waals surface area contributed by atoms with Crippen molar-refractivity contribution in [3.8, 4) is 0 Å². The van der Waals surface area contributed by atoms with E-state index in [1.165, 1.54) is 51.8 Å². The Labute approximate surface area is 158 Å². The quantitative estimate of drug-likeness (QED) is 0.571. The molecule has 0 saturated heterocycles. The molecule has 0 fully saturated rings. The lowest BCUT2D eigenvalue weighted by Gasteiger charge is -2.24. The summed E-state index contributed by atoms with van der Waals surface area (Å²) < 4.78 is 0. The fraction of sp³-hybridized carbons (Fsp3) is 0.480. The van der Waals surface area contributed by atoms with Crippen molar-refractivity contribution in [1.29, 1.82) is 0 Å². The van der Waals surface area contributed by atoms with Gasteiger partial charge in [-0.25, -0.2) is 0 Å². The van der Waals surface area contributed by atoms with E-state index >= 15 is 0 Å². The summed E-state index contributed by atoms with van der Waals surface area (Å²) in [5.41, 5.74) is 11.0. The molecule has 2 aromatic carbocycles. The van der Waals surface area contributed by atoms with Gasteiger partial charge in [0.2, 0.25) is 0 Å². The first-order valence-corrected chi connectivity index (χ1v) is 10.00. The summed E-state index contributed by atoms with van der Waals surface area (Å²) in [5, 5.41) is 0. The Kier molecular flexibility index (Phi) is 5.37. The highest BCUT2D eigenvalue weighted by Gasteiger charge is 2.18. The van der Waals surface area contributed by atoms with Gasteiger partial charge in [0.15, 0.2) is 0 Å². The molecule has 26 heavy (non-hydrogen) atoms. The Morgan fingerprint density at radius 3 is 1.62 bits per heavy atom. The Morgan fingerprint density at radius 2 is 1.15 bits per heavy atom. The minimum atomic E-state index is 0.175. The van der Waals surface area contributed by atoms with Gasteiger partial charge in [-0.05, 0) is 109 Å². The maximum Gasteiger partial charge on any atom is 0.150 e. The fourth-order valence-electron chi connectivity index (χ4n) is 4.15. The molecular formula is C25H32O. The number of fused-ring (bicyclic) bond motifs is 4. The molecule has 0 unspecified atom stereocenters. The third-order valence-electron chi connectivity index (χ3n) is 6.08. The maximum absolute atomic E-state index is 11.4. The van der Waals surface area contributed by atoms with Crippen LogP contribution >= 0.6 is 0 Å². The Balaban J connectivity index is 2.07. The molecule has 138 valence electrons. The average Bonchev–Trinajstić information content (AvgIpc) is 2.59. The SMILES string of the molecule is Cc1c2cc(C=O)cc1CCc1cc(C(C)(C)C)cc(c1C)CCCC2. The van der Waals surface area contributed by atoms with Crippen LogP contribution in [0.4, 0.5) is 0 Å². The molecule has 4 bridgehead atoms. The molecule has 0 amide bonds. The second kappa shape index (κ2) is 7.39. The number of rotatable bonds is 1. The molecule has 0 saturated carbocycles. The molecule has 0 radical (unpaired) electrons. The molecule has 1 aliphatic rings. The zero-order chi connectivity index (χ0) is 18.9. The summed E-state index contributed by atoms with van der Waals surface area (Å²) in [6.45, 7) is 11.4. The average molecular weight is 349 g/mol. The molecule has 0 N–H and O–H groups in total. The summed E-state index contributed by atoms with van der Waals surface area (Å²) in [4.78, 5) is 11.4. The first kappa shape index (κ1) is 18.9. The summed E-state index contributed by atoms with van der Waals surface area (Å²) in [5.74, 6) is 0. The molecule has 1 nitrogen and oxygen atoms in total. The number of hydrogen-bond acceptors (Lipinski definition) is 1. The first-order chi connectivity index (χ1) is 12.3. The maximum atomic E-state index is 11.4. The minimum Gasteiger partial charge on any atom is -0.298 e. The summed E-state index contributed by atoms with van der Waals surface area (Å²) >= 11 is 0. The van der Waals surface area contributed by atoms with Crippen LogP contribution in [0.5, 0.6) is 0 Å². The Hall–Kier alpha value is -1.89. The highest BCUT2D eigenvalue weighted by molar-refractivity contribution is 5.76. The molecule has 1 aliphatic carbocycles. The molecule has 0 atom stereocenters. The Morgan fingerprint density at radius 1 is 0.731 bits per heavy atom. The number of aryl methyl sites for hydroxylation is 4. The van der Waals surface area contributed by atoms with Crippen molar-refractivity contribution in [2.75, 3.05) is 0 Å². The van der Waals surface area contributed by atoms with Gasteiger partial charge in [-0.2, -0.15) is 0 Å². The van der Waals surface area contributed by atoms with E-state index in [1.54, 1.807) is 0 Å². The van der Waals surface area contributed by atoms with E-state index in [9.17, 15) is 4.79 Å². The van der Waals surface area contributed by atoms with Crippen molar-refractivity contribution in [3.05, 3.63) is 68.8 Å². The molecule has 0 aromatic heterocycles. The van der Waals surface area contributed by atoms with Gasteiger partial charge in [-0.3, -0.25) is 4.79 Å². The largest absolute Gasteiger partial charge is 0.298 e. The lowest BCUT2D eigenvalue weighted by Crippen LogP contribution is -2.14. The lowest BCUT2D eigenvalue weighted by molar-refractivity contribution is 0.112. The van der Waals surface area contributed by atoms with E-state index in [4.69, 9.17) is 0 Å². The van der Waals surface area contributed by atoms with E-state index in [0.29, 0.717) is 0 Å². The molecule has 1 heteroatoms. The molecular weight excluding hydrogens is 316 g/mol. The highest BCUT2D eigenvalue weighted by atomic mass is 16.1. The van der Waals surface area contributed by atoms with Gasteiger partial charge in [-0.1, -0.05) is 32.9 Å². The standard InChI is InChI=1S/C25H32O/c1-17-20-8-6-7-9-21-14-24(25(3,4)5)15-23(18(21)2)11-10-22(17)13-19(12-20)16-26/h12-16H,6-11H2,1-5H3. The number of aldehydes is 1. The van der Waals surface area contributed by atoms with Crippen LogP contribution in [0.25, 0.3) is 0 Å². The molecule has 0 spiro atoms. The van der Waals surface area contributed by atoms with E-state index in [1.807, 2.05) is 0 Å². The molecule has 3 rings (SSSR count). The lowest BCUT2D eigenvalue weighted by atomic mass is 9.81. The molecule has 0 aliphatic heterocycles. The monoisotopic (exact) mass is 348 g/mol. The van der Waals surface area contributed by atoms with E-state index in [0.717, 1.165) is 37.5 Å². The predicted octanol–water partition coefficient (Wildman–Crippen LogP) is 6.08. The fourth-order valence-corrected chi connectivity index (χ4v) is 4.15. The third-order valence-corrected chi connectivity index (χ3v) is 6.08. The second-order valence-corrected chi connectivity index (χ2v) is 8.96. The van der Waals surface area contributed by atoms with Crippen molar-refractivity contribution in [2.24, 2.45) is 0 Å². The van der Waals surface area contributed by atoms with Crippen molar-refractivity contribution in [3.63, 3.8) is 0 Å². The smallest absolute Gasteiger partial charge is 0.150 e. The van der Waals surface area contributed by atoms with E-state index in [2.05, 4.69) is 58.9 Å². The van der Waals surface area contributed by atoms with Gasteiger partial charge in [0.05, 0.1) is 0 Å². The topological polar surface area (TPSA) is 17.1 Å². The van der Waals surface area contributed by atoms with Gasteiger partial charge >= 0.3 is 0 Å².